The van der Waals surface area contributed by atoms with Gasteiger partial charge in [-0.25, -0.2) is 4.39 Å². The van der Waals surface area contributed by atoms with E-state index in [4.69, 9.17) is 4.74 Å². The Bertz CT molecular complexity index is 347. The van der Waals surface area contributed by atoms with Crippen molar-refractivity contribution in [2.75, 3.05) is 7.11 Å². The van der Waals surface area contributed by atoms with Crippen molar-refractivity contribution in [3.8, 4) is 5.75 Å². The van der Waals surface area contributed by atoms with E-state index in [1.54, 1.807) is 6.07 Å². The molecule has 0 atom stereocenters. The lowest BCUT2D eigenvalue weighted by atomic mass is 10.0. The first-order valence-corrected chi connectivity index (χ1v) is 5.06. The maximum Gasteiger partial charge on any atom is 0.166 e. The summed E-state index contributed by atoms with van der Waals surface area (Å²) in [6.07, 6.45) is 2.21. The van der Waals surface area contributed by atoms with E-state index in [0.717, 1.165) is 12.8 Å². The van der Waals surface area contributed by atoms with Gasteiger partial charge in [-0.3, -0.25) is 4.79 Å². The Labute approximate surface area is 89.1 Å². The Kier molecular flexibility index (Phi) is 4.28. The van der Waals surface area contributed by atoms with Crippen LogP contribution in [0.25, 0.3) is 0 Å². The SMILES string of the molecule is CCCCC(=O)c1cccc(F)c1OC. The highest BCUT2D eigenvalue weighted by Crippen LogP contribution is 2.23. The Morgan fingerprint density at radius 1 is 1.47 bits per heavy atom. The van der Waals surface area contributed by atoms with Crippen molar-refractivity contribution in [1.29, 1.82) is 0 Å². The molecule has 0 aliphatic heterocycles. The maximum atomic E-state index is 13.3. The predicted molar refractivity (Wildman–Crippen MR) is 56.8 cm³/mol. The van der Waals surface area contributed by atoms with E-state index in [1.807, 2.05) is 6.92 Å². The zero-order valence-corrected chi connectivity index (χ0v) is 9.05. The van der Waals surface area contributed by atoms with Crippen LogP contribution in [0.4, 0.5) is 4.39 Å². The molecule has 0 aromatic heterocycles. The molecule has 82 valence electrons. The summed E-state index contributed by atoms with van der Waals surface area (Å²) in [5.41, 5.74) is 0.339. The first-order valence-electron chi connectivity index (χ1n) is 5.06. The van der Waals surface area contributed by atoms with Crippen LogP contribution in [0.5, 0.6) is 5.75 Å². The number of hydrogen-bond acceptors (Lipinski definition) is 2. The fraction of sp³-hybridized carbons (Fsp3) is 0.417. The summed E-state index contributed by atoms with van der Waals surface area (Å²) >= 11 is 0. The van der Waals surface area contributed by atoms with Gasteiger partial charge >= 0.3 is 0 Å². The van der Waals surface area contributed by atoms with Crippen LogP contribution < -0.4 is 4.74 Å². The van der Waals surface area contributed by atoms with Crippen molar-refractivity contribution >= 4 is 5.78 Å². The number of ketones is 1. The summed E-state index contributed by atoms with van der Waals surface area (Å²) < 4.78 is 18.1. The minimum Gasteiger partial charge on any atom is -0.493 e. The molecule has 0 saturated carbocycles. The molecule has 0 heterocycles. The molecule has 0 amide bonds. The van der Waals surface area contributed by atoms with Crippen LogP contribution in [-0.2, 0) is 0 Å². The van der Waals surface area contributed by atoms with E-state index in [0.29, 0.717) is 12.0 Å². The summed E-state index contributed by atoms with van der Waals surface area (Å²) in [6.45, 7) is 2.01. The van der Waals surface area contributed by atoms with Gasteiger partial charge in [0.05, 0.1) is 12.7 Å². The van der Waals surface area contributed by atoms with Gasteiger partial charge in [-0.1, -0.05) is 19.4 Å². The number of unbranched alkanes of at least 4 members (excludes halogenated alkanes) is 1. The van der Waals surface area contributed by atoms with E-state index >= 15 is 0 Å². The van der Waals surface area contributed by atoms with Crippen molar-refractivity contribution < 1.29 is 13.9 Å². The first kappa shape index (κ1) is 11.7. The van der Waals surface area contributed by atoms with Crippen LogP contribution in [0.1, 0.15) is 36.5 Å². The molecule has 0 fully saturated rings. The lowest BCUT2D eigenvalue weighted by Gasteiger charge is -2.07. The smallest absolute Gasteiger partial charge is 0.166 e. The molecule has 0 N–H and O–H groups in total. The van der Waals surface area contributed by atoms with Crippen LogP contribution in [0.15, 0.2) is 18.2 Å². The van der Waals surface area contributed by atoms with E-state index < -0.39 is 5.82 Å². The van der Waals surface area contributed by atoms with Gasteiger partial charge in [-0.05, 0) is 18.6 Å². The van der Waals surface area contributed by atoms with Gasteiger partial charge < -0.3 is 4.74 Å². The van der Waals surface area contributed by atoms with E-state index in [1.165, 1.54) is 19.2 Å². The fourth-order valence-corrected chi connectivity index (χ4v) is 1.41. The molecule has 2 nitrogen and oxygen atoms in total. The number of rotatable bonds is 5. The van der Waals surface area contributed by atoms with Gasteiger partial charge in [0.2, 0.25) is 0 Å². The molecule has 0 spiro atoms. The zero-order chi connectivity index (χ0) is 11.3. The normalized spacial score (nSPS) is 10.1. The number of carbonyl (C=O) groups excluding carboxylic acids is 1. The third-order valence-electron chi connectivity index (χ3n) is 2.23. The van der Waals surface area contributed by atoms with Gasteiger partial charge in [0.15, 0.2) is 17.3 Å². The van der Waals surface area contributed by atoms with Crippen molar-refractivity contribution in [3.63, 3.8) is 0 Å². The van der Waals surface area contributed by atoms with E-state index in [9.17, 15) is 9.18 Å². The molecule has 1 aromatic rings. The van der Waals surface area contributed by atoms with Crippen molar-refractivity contribution in [2.45, 2.75) is 26.2 Å². The van der Waals surface area contributed by atoms with Gasteiger partial charge in [0.25, 0.3) is 0 Å². The highest BCUT2D eigenvalue weighted by atomic mass is 19.1. The lowest BCUT2D eigenvalue weighted by Crippen LogP contribution is -2.03. The number of Topliss-reactive ketones (excluding diaryl/α,β-unsaturated/α-hetero) is 1. The standard InChI is InChI=1S/C12H15FO2/c1-3-4-8-11(14)9-6-5-7-10(13)12(9)15-2/h5-7H,3-4,8H2,1-2H3. The number of methoxy groups -OCH3 is 1. The molecular weight excluding hydrogens is 195 g/mol. The molecule has 1 rings (SSSR count). The summed E-state index contributed by atoms with van der Waals surface area (Å²) in [5, 5.41) is 0. The van der Waals surface area contributed by atoms with Crippen molar-refractivity contribution in [1.82, 2.24) is 0 Å². The lowest BCUT2D eigenvalue weighted by molar-refractivity contribution is 0.0976. The number of ether oxygens (including phenoxy) is 1. The molecule has 15 heavy (non-hydrogen) atoms. The minimum atomic E-state index is -0.486. The number of hydrogen-bond donors (Lipinski definition) is 0. The largest absolute Gasteiger partial charge is 0.493 e. The second kappa shape index (κ2) is 5.49. The zero-order valence-electron chi connectivity index (χ0n) is 9.05. The average Bonchev–Trinajstić information content (AvgIpc) is 2.25. The van der Waals surface area contributed by atoms with Crippen LogP contribution in [0.2, 0.25) is 0 Å². The average molecular weight is 210 g/mol. The van der Waals surface area contributed by atoms with Crippen LogP contribution >= 0.6 is 0 Å². The predicted octanol–water partition coefficient (Wildman–Crippen LogP) is 3.21. The highest BCUT2D eigenvalue weighted by Gasteiger charge is 2.14. The summed E-state index contributed by atoms with van der Waals surface area (Å²) in [7, 11) is 1.37. The Hall–Kier alpha value is -1.38. The molecule has 0 unspecified atom stereocenters. The Morgan fingerprint density at radius 2 is 2.20 bits per heavy atom. The molecule has 0 saturated heterocycles. The monoisotopic (exact) mass is 210 g/mol. The van der Waals surface area contributed by atoms with Gasteiger partial charge in [0.1, 0.15) is 0 Å². The first-order chi connectivity index (χ1) is 7.20. The van der Waals surface area contributed by atoms with Crippen molar-refractivity contribution in [3.05, 3.63) is 29.6 Å². The number of halogens is 1. The van der Waals surface area contributed by atoms with Gasteiger partial charge in [-0.2, -0.15) is 0 Å². The third-order valence-corrected chi connectivity index (χ3v) is 2.23. The number of carbonyl (C=O) groups is 1. The van der Waals surface area contributed by atoms with Crippen LogP contribution in [-0.4, -0.2) is 12.9 Å². The summed E-state index contributed by atoms with van der Waals surface area (Å²) in [4.78, 5) is 11.7. The molecule has 3 heteroatoms. The van der Waals surface area contributed by atoms with Crippen LogP contribution in [0.3, 0.4) is 0 Å². The topological polar surface area (TPSA) is 26.3 Å². The third kappa shape index (κ3) is 2.78. The molecule has 0 bridgehead atoms. The molecule has 1 aromatic carbocycles. The van der Waals surface area contributed by atoms with Gasteiger partial charge in [-0.15, -0.1) is 0 Å². The Morgan fingerprint density at radius 3 is 2.80 bits per heavy atom. The molecular formula is C12H15FO2. The second-order valence-corrected chi connectivity index (χ2v) is 3.35. The van der Waals surface area contributed by atoms with Gasteiger partial charge in [0, 0.05) is 6.42 Å². The quantitative estimate of drug-likeness (QED) is 0.697. The molecule has 0 aliphatic rings. The van der Waals surface area contributed by atoms with Crippen LogP contribution in [0, 0.1) is 5.82 Å². The van der Waals surface area contributed by atoms with E-state index in [-0.39, 0.29) is 11.5 Å². The number of benzene rings is 1. The summed E-state index contributed by atoms with van der Waals surface area (Å²) in [5.74, 6) is -0.494. The number of para-hydroxylation sites is 1. The van der Waals surface area contributed by atoms with E-state index in [2.05, 4.69) is 0 Å². The fourth-order valence-electron chi connectivity index (χ4n) is 1.41. The molecule has 0 radical (unpaired) electrons. The summed E-state index contributed by atoms with van der Waals surface area (Å²) in [6, 6.07) is 4.41. The second-order valence-electron chi connectivity index (χ2n) is 3.35. The van der Waals surface area contributed by atoms with Crippen molar-refractivity contribution in [2.24, 2.45) is 0 Å². The highest BCUT2D eigenvalue weighted by molar-refractivity contribution is 5.98. The maximum absolute atomic E-state index is 13.3. The minimum absolute atomic E-state index is 0.0543. The molecule has 0 aliphatic carbocycles. The Balaban J connectivity index is 2.92.